The van der Waals surface area contributed by atoms with Crippen LogP contribution in [0.25, 0.3) is 0 Å². The molecule has 0 unspecified atom stereocenters. The molecule has 7 heteroatoms. The Hall–Kier alpha value is -1.50. The summed E-state index contributed by atoms with van der Waals surface area (Å²) in [5, 5.41) is 12.6. The zero-order valence-corrected chi connectivity index (χ0v) is 13.0. The molecule has 0 bridgehead atoms. The van der Waals surface area contributed by atoms with Crippen LogP contribution in [0.15, 0.2) is 41.1 Å². The third-order valence-corrected chi connectivity index (χ3v) is 3.52. The summed E-state index contributed by atoms with van der Waals surface area (Å²) >= 11 is 9.02. The van der Waals surface area contributed by atoms with E-state index in [1.165, 1.54) is 30.5 Å². The lowest BCUT2D eigenvalue weighted by Gasteiger charge is -2.13. The van der Waals surface area contributed by atoms with Gasteiger partial charge in [0.05, 0.1) is 16.7 Å². The maximum atomic E-state index is 13.5. The van der Waals surface area contributed by atoms with E-state index in [1.807, 2.05) is 0 Å². The van der Waals surface area contributed by atoms with Crippen LogP contribution in [-0.2, 0) is 0 Å². The number of hydrogen-bond donors (Lipinski definition) is 2. The molecule has 21 heavy (non-hydrogen) atoms. The number of aliphatic hydroxyl groups excluding tert-OH is 1. The highest BCUT2D eigenvalue weighted by molar-refractivity contribution is 9.10. The Kier molecular flexibility index (Phi) is 5.27. The SMILES string of the molecule is O=C(NC[C@@H](O)c1ccccc1F)c1cc(Br)ncc1Cl. The van der Waals surface area contributed by atoms with Gasteiger partial charge in [-0.3, -0.25) is 4.79 Å². The summed E-state index contributed by atoms with van der Waals surface area (Å²) in [6.07, 6.45) is 0.201. The molecule has 1 aromatic heterocycles. The highest BCUT2D eigenvalue weighted by atomic mass is 79.9. The lowest BCUT2D eigenvalue weighted by atomic mass is 10.1. The summed E-state index contributed by atoms with van der Waals surface area (Å²) in [7, 11) is 0. The van der Waals surface area contributed by atoms with Crippen molar-refractivity contribution >= 4 is 33.4 Å². The third kappa shape index (κ3) is 4.00. The molecule has 1 amide bonds. The monoisotopic (exact) mass is 372 g/mol. The number of aliphatic hydroxyl groups is 1. The zero-order valence-electron chi connectivity index (χ0n) is 10.7. The second kappa shape index (κ2) is 6.98. The van der Waals surface area contributed by atoms with Crippen molar-refractivity contribution in [2.75, 3.05) is 6.54 Å². The molecule has 0 saturated heterocycles. The van der Waals surface area contributed by atoms with Gasteiger partial charge < -0.3 is 10.4 Å². The van der Waals surface area contributed by atoms with Crippen LogP contribution >= 0.6 is 27.5 Å². The van der Waals surface area contributed by atoms with E-state index in [0.717, 1.165) is 0 Å². The number of carbonyl (C=O) groups is 1. The number of rotatable bonds is 4. The first-order valence-corrected chi connectivity index (χ1v) is 7.18. The van der Waals surface area contributed by atoms with Gasteiger partial charge in [-0.25, -0.2) is 9.37 Å². The van der Waals surface area contributed by atoms with Crippen LogP contribution in [0.1, 0.15) is 22.0 Å². The normalized spacial score (nSPS) is 12.0. The average molecular weight is 374 g/mol. The van der Waals surface area contributed by atoms with Crippen LogP contribution < -0.4 is 5.32 Å². The average Bonchev–Trinajstić information content (AvgIpc) is 2.47. The third-order valence-electron chi connectivity index (χ3n) is 2.79. The molecule has 1 heterocycles. The molecule has 110 valence electrons. The van der Waals surface area contributed by atoms with E-state index in [1.54, 1.807) is 6.07 Å². The van der Waals surface area contributed by atoms with E-state index in [0.29, 0.717) is 4.60 Å². The van der Waals surface area contributed by atoms with Crippen molar-refractivity contribution in [2.24, 2.45) is 0 Å². The fourth-order valence-electron chi connectivity index (χ4n) is 1.73. The molecule has 1 aromatic carbocycles. The van der Waals surface area contributed by atoms with Crippen molar-refractivity contribution in [1.29, 1.82) is 0 Å². The lowest BCUT2D eigenvalue weighted by Crippen LogP contribution is -2.29. The highest BCUT2D eigenvalue weighted by Gasteiger charge is 2.16. The van der Waals surface area contributed by atoms with Crippen molar-refractivity contribution < 1.29 is 14.3 Å². The fraction of sp³-hybridized carbons (Fsp3) is 0.143. The molecule has 0 fully saturated rings. The minimum Gasteiger partial charge on any atom is -0.386 e. The molecule has 0 aliphatic rings. The largest absolute Gasteiger partial charge is 0.386 e. The quantitative estimate of drug-likeness (QED) is 0.810. The van der Waals surface area contributed by atoms with E-state index in [2.05, 4.69) is 26.2 Å². The van der Waals surface area contributed by atoms with Crippen molar-refractivity contribution in [3.8, 4) is 0 Å². The Morgan fingerprint density at radius 1 is 1.48 bits per heavy atom. The molecule has 2 N–H and O–H groups in total. The minimum absolute atomic E-state index is 0.125. The maximum Gasteiger partial charge on any atom is 0.253 e. The van der Waals surface area contributed by atoms with Gasteiger partial charge in [0.25, 0.3) is 5.91 Å². The number of hydrogen-bond acceptors (Lipinski definition) is 3. The molecule has 2 aromatic rings. The van der Waals surface area contributed by atoms with E-state index >= 15 is 0 Å². The number of nitrogens with zero attached hydrogens (tertiary/aromatic N) is 1. The van der Waals surface area contributed by atoms with Gasteiger partial charge in [0, 0.05) is 18.3 Å². The number of pyridine rings is 1. The number of nitrogens with one attached hydrogen (secondary N) is 1. The Bertz CT molecular complexity index is 669. The van der Waals surface area contributed by atoms with Gasteiger partial charge in [-0.05, 0) is 28.1 Å². The van der Waals surface area contributed by atoms with Crippen LogP contribution in [0, 0.1) is 5.82 Å². The minimum atomic E-state index is -1.14. The van der Waals surface area contributed by atoms with E-state index < -0.39 is 17.8 Å². The van der Waals surface area contributed by atoms with Crippen molar-refractivity contribution in [1.82, 2.24) is 10.3 Å². The summed E-state index contributed by atoms with van der Waals surface area (Å²) in [5.41, 5.74) is 0.346. The predicted molar refractivity (Wildman–Crippen MR) is 80.6 cm³/mol. The first-order chi connectivity index (χ1) is 9.99. The van der Waals surface area contributed by atoms with Gasteiger partial charge in [-0.15, -0.1) is 0 Å². The molecule has 0 spiro atoms. The molecule has 2 rings (SSSR count). The van der Waals surface area contributed by atoms with Crippen molar-refractivity contribution in [3.63, 3.8) is 0 Å². The fourth-order valence-corrected chi connectivity index (χ4v) is 2.25. The molecule has 0 saturated carbocycles. The number of halogens is 3. The molecule has 0 aliphatic heterocycles. The van der Waals surface area contributed by atoms with Crippen LogP contribution in [0.3, 0.4) is 0 Å². The van der Waals surface area contributed by atoms with Gasteiger partial charge in [0.2, 0.25) is 0 Å². The Morgan fingerprint density at radius 2 is 2.19 bits per heavy atom. The maximum absolute atomic E-state index is 13.5. The first-order valence-electron chi connectivity index (χ1n) is 6.00. The summed E-state index contributed by atoms with van der Waals surface area (Å²) < 4.78 is 14.0. The van der Waals surface area contributed by atoms with Gasteiger partial charge in [-0.2, -0.15) is 0 Å². The standard InChI is InChI=1S/C14H11BrClFN2O2/c15-13-5-9(10(16)6-18-13)14(21)19-7-12(20)8-3-1-2-4-11(8)17/h1-6,12,20H,7H2,(H,19,21)/t12-/m1/s1. The number of amides is 1. The van der Waals surface area contributed by atoms with Gasteiger partial charge in [0.1, 0.15) is 10.4 Å². The molecular weight excluding hydrogens is 363 g/mol. The molecule has 0 radical (unpaired) electrons. The van der Waals surface area contributed by atoms with E-state index in [4.69, 9.17) is 11.6 Å². The van der Waals surface area contributed by atoms with Gasteiger partial charge in [0.15, 0.2) is 0 Å². The van der Waals surface area contributed by atoms with Gasteiger partial charge in [-0.1, -0.05) is 29.8 Å². The van der Waals surface area contributed by atoms with Crippen LogP contribution in [0.2, 0.25) is 5.02 Å². The zero-order chi connectivity index (χ0) is 15.4. The molecule has 4 nitrogen and oxygen atoms in total. The first kappa shape index (κ1) is 15.9. The van der Waals surface area contributed by atoms with Crippen LogP contribution in [-0.4, -0.2) is 22.5 Å². The number of aromatic nitrogens is 1. The highest BCUT2D eigenvalue weighted by Crippen LogP contribution is 2.19. The van der Waals surface area contributed by atoms with E-state index in [9.17, 15) is 14.3 Å². The summed E-state index contributed by atoms with van der Waals surface area (Å²) in [6, 6.07) is 7.31. The Labute approximate surface area is 134 Å². The Balaban J connectivity index is 2.04. The Morgan fingerprint density at radius 3 is 2.90 bits per heavy atom. The lowest BCUT2D eigenvalue weighted by molar-refractivity contribution is 0.0914. The van der Waals surface area contributed by atoms with Crippen LogP contribution in [0.5, 0.6) is 0 Å². The molecular formula is C14H11BrClFN2O2. The second-order valence-electron chi connectivity index (χ2n) is 4.23. The predicted octanol–water partition coefficient (Wildman–Crippen LogP) is 3.10. The number of benzene rings is 1. The summed E-state index contributed by atoms with van der Waals surface area (Å²) in [4.78, 5) is 15.9. The van der Waals surface area contributed by atoms with Crippen LogP contribution in [0.4, 0.5) is 4.39 Å². The smallest absolute Gasteiger partial charge is 0.253 e. The van der Waals surface area contributed by atoms with Gasteiger partial charge >= 0.3 is 0 Å². The molecule has 0 aliphatic carbocycles. The van der Waals surface area contributed by atoms with Crippen molar-refractivity contribution in [2.45, 2.75) is 6.10 Å². The van der Waals surface area contributed by atoms with E-state index in [-0.39, 0.29) is 22.7 Å². The topological polar surface area (TPSA) is 62.2 Å². The summed E-state index contributed by atoms with van der Waals surface area (Å²) in [5.74, 6) is -0.998. The number of carbonyl (C=O) groups excluding carboxylic acids is 1. The van der Waals surface area contributed by atoms with Crippen molar-refractivity contribution in [3.05, 3.63) is 63.1 Å². The second-order valence-corrected chi connectivity index (χ2v) is 5.45. The molecule has 1 atom stereocenters. The summed E-state index contributed by atoms with van der Waals surface area (Å²) in [6.45, 7) is -0.129.